The number of hydrogen-bond acceptors (Lipinski definition) is 3. The lowest BCUT2D eigenvalue weighted by atomic mass is 10.1. The van der Waals surface area contributed by atoms with Crippen molar-refractivity contribution >= 4 is 27.9 Å². The summed E-state index contributed by atoms with van der Waals surface area (Å²) < 4.78 is 2.89. The quantitative estimate of drug-likeness (QED) is 0.490. The van der Waals surface area contributed by atoms with Crippen LogP contribution in [0.1, 0.15) is 12.0 Å². The average Bonchev–Trinajstić information content (AvgIpc) is 3.04. The van der Waals surface area contributed by atoms with E-state index >= 15 is 0 Å². The van der Waals surface area contributed by atoms with E-state index in [0.717, 1.165) is 23.0 Å². The Morgan fingerprint density at radius 2 is 2.18 bits per heavy atom. The van der Waals surface area contributed by atoms with Crippen LogP contribution in [0, 0.1) is 11.3 Å². The van der Waals surface area contributed by atoms with Crippen LogP contribution in [0.5, 0.6) is 0 Å². The third-order valence-electron chi connectivity index (χ3n) is 2.98. The van der Waals surface area contributed by atoms with Crippen molar-refractivity contribution in [2.75, 3.05) is 6.54 Å². The predicted molar refractivity (Wildman–Crippen MR) is 87.6 cm³/mol. The van der Waals surface area contributed by atoms with Crippen molar-refractivity contribution in [3.63, 3.8) is 0 Å². The summed E-state index contributed by atoms with van der Waals surface area (Å²) in [5.41, 5.74) is 0.915. The summed E-state index contributed by atoms with van der Waals surface area (Å²) in [4.78, 5) is 15.9. The average molecular weight is 359 g/mol. The van der Waals surface area contributed by atoms with Crippen molar-refractivity contribution in [2.24, 2.45) is 0 Å². The maximum atomic E-state index is 12.0. The number of amides is 1. The number of nitriles is 1. The summed E-state index contributed by atoms with van der Waals surface area (Å²) in [5.74, 6) is -0.351. The van der Waals surface area contributed by atoms with Gasteiger partial charge in [-0.05, 0) is 30.2 Å². The van der Waals surface area contributed by atoms with Gasteiger partial charge in [0.15, 0.2) is 0 Å². The van der Waals surface area contributed by atoms with E-state index in [0.29, 0.717) is 6.54 Å². The summed E-state index contributed by atoms with van der Waals surface area (Å²) >= 11 is 3.34. The Labute approximate surface area is 137 Å². The number of rotatable bonds is 6. The predicted octanol–water partition coefficient (Wildman–Crippen LogP) is 2.76. The zero-order chi connectivity index (χ0) is 15.8. The van der Waals surface area contributed by atoms with E-state index in [1.54, 1.807) is 18.6 Å². The lowest BCUT2D eigenvalue weighted by Gasteiger charge is -2.05. The summed E-state index contributed by atoms with van der Waals surface area (Å²) in [6.45, 7) is 1.29. The number of benzene rings is 1. The molecule has 0 atom stereocenters. The van der Waals surface area contributed by atoms with Gasteiger partial charge in [-0.25, -0.2) is 4.98 Å². The van der Waals surface area contributed by atoms with Crippen molar-refractivity contribution in [3.8, 4) is 6.07 Å². The third-order valence-corrected chi connectivity index (χ3v) is 3.51. The lowest BCUT2D eigenvalue weighted by molar-refractivity contribution is -0.117. The molecular weight excluding hydrogens is 344 g/mol. The molecule has 1 aromatic heterocycles. The maximum Gasteiger partial charge on any atom is 0.261 e. The van der Waals surface area contributed by atoms with E-state index in [1.165, 1.54) is 0 Å². The van der Waals surface area contributed by atoms with Gasteiger partial charge in [-0.2, -0.15) is 5.26 Å². The molecule has 1 N–H and O–H groups in total. The highest BCUT2D eigenvalue weighted by Gasteiger charge is 2.08. The van der Waals surface area contributed by atoms with Crippen LogP contribution < -0.4 is 5.32 Å². The van der Waals surface area contributed by atoms with Gasteiger partial charge in [0.2, 0.25) is 0 Å². The smallest absolute Gasteiger partial charge is 0.261 e. The topological polar surface area (TPSA) is 70.7 Å². The molecule has 0 radical (unpaired) electrons. The summed E-state index contributed by atoms with van der Waals surface area (Å²) in [5, 5.41) is 11.9. The molecule has 1 heterocycles. The Morgan fingerprint density at radius 1 is 1.41 bits per heavy atom. The molecule has 22 heavy (non-hydrogen) atoms. The van der Waals surface area contributed by atoms with E-state index in [9.17, 15) is 4.79 Å². The molecule has 112 valence electrons. The molecule has 0 spiro atoms. The number of aryl methyl sites for hydroxylation is 1. The standard InChI is InChI=1S/C16H15BrN4O/c17-15-4-2-13(3-5-15)10-14(11-18)16(22)20-6-1-8-21-9-7-19-12-21/h2-5,7,9-10,12H,1,6,8H2,(H,20,22)/b14-10+. The molecule has 0 unspecified atom stereocenters. The third kappa shape index (κ3) is 4.86. The monoisotopic (exact) mass is 358 g/mol. The number of imidazole rings is 1. The second-order valence-electron chi connectivity index (χ2n) is 4.63. The van der Waals surface area contributed by atoms with Crippen LogP contribution in [-0.4, -0.2) is 22.0 Å². The first kappa shape index (κ1) is 16.0. The minimum Gasteiger partial charge on any atom is -0.351 e. The summed E-state index contributed by atoms with van der Waals surface area (Å²) in [6.07, 6.45) is 7.68. The van der Waals surface area contributed by atoms with Crippen molar-refractivity contribution in [3.05, 3.63) is 58.6 Å². The van der Waals surface area contributed by atoms with Crippen LogP contribution >= 0.6 is 15.9 Å². The SMILES string of the molecule is N#C/C(=C\c1ccc(Br)cc1)C(=O)NCCCn1ccnc1. The molecule has 0 aliphatic heterocycles. The molecule has 0 aliphatic rings. The lowest BCUT2D eigenvalue weighted by Crippen LogP contribution is -2.26. The number of halogens is 1. The molecule has 0 fully saturated rings. The Hall–Kier alpha value is -2.39. The first-order valence-corrected chi connectivity index (χ1v) is 7.59. The largest absolute Gasteiger partial charge is 0.351 e. The molecule has 2 rings (SSSR count). The van der Waals surface area contributed by atoms with E-state index in [2.05, 4.69) is 26.2 Å². The molecule has 6 heteroatoms. The van der Waals surface area contributed by atoms with Gasteiger partial charge in [-0.3, -0.25) is 4.79 Å². The highest BCUT2D eigenvalue weighted by Crippen LogP contribution is 2.13. The van der Waals surface area contributed by atoms with Crippen LogP contribution in [0.4, 0.5) is 0 Å². The second-order valence-corrected chi connectivity index (χ2v) is 5.55. The number of carbonyl (C=O) groups excluding carboxylic acids is 1. The fourth-order valence-electron chi connectivity index (χ4n) is 1.85. The minimum atomic E-state index is -0.351. The van der Waals surface area contributed by atoms with E-state index < -0.39 is 0 Å². The Morgan fingerprint density at radius 3 is 2.82 bits per heavy atom. The van der Waals surface area contributed by atoms with Crippen LogP contribution in [-0.2, 0) is 11.3 Å². The van der Waals surface area contributed by atoms with E-state index in [1.807, 2.05) is 41.1 Å². The van der Waals surface area contributed by atoms with Crippen LogP contribution in [0.3, 0.4) is 0 Å². The first-order valence-electron chi connectivity index (χ1n) is 6.80. The van der Waals surface area contributed by atoms with Crippen LogP contribution in [0.2, 0.25) is 0 Å². The normalized spacial score (nSPS) is 11.0. The molecule has 2 aromatic rings. The fraction of sp³-hybridized carbons (Fsp3) is 0.188. The molecule has 0 saturated carbocycles. The summed E-state index contributed by atoms with van der Waals surface area (Å²) in [7, 11) is 0. The minimum absolute atomic E-state index is 0.102. The fourth-order valence-corrected chi connectivity index (χ4v) is 2.12. The number of nitrogens with zero attached hydrogens (tertiary/aromatic N) is 3. The van der Waals surface area contributed by atoms with Gasteiger partial charge in [-0.1, -0.05) is 28.1 Å². The molecule has 0 bridgehead atoms. The van der Waals surface area contributed by atoms with Gasteiger partial charge < -0.3 is 9.88 Å². The first-order chi connectivity index (χ1) is 10.7. The maximum absolute atomic E-state index is 12.0. The van der Waals surface area contributed by atoms with Gasteiger partial charge in [0.25, 0.3) is 5.91 Å². The summed E-state index contributed by atoms with van der Waals surface area (Å²) in [6, 6.07) is 9.35. The molecule has 0 saturated heterocycles. The molecule has 5 nitrogen and oxygen atoms in total. The van der Waals surface area contributed by atoms with Crippen LogP contribution in [0.15, 0.2) is 53.0 Å². The molecule has 1 amide bonds. The Bertz CT molecular complexity index is 684. The second kappa shape index (κ2) is 8.15. The number of hydrogen-bond donors (Lipinski definition) is 1. The van der Waals surface area contributed by atoms with Crippen molar-refractivity contribution in [1.82, 2.24) is 14.9 Å². The molecular formula is C16H15BrN4O. The molecule has 1 aromatic carbocycles. The van der Waals surface area contributed by atoms with E-state index in [-0.39, 0.29) is 11.5 Å². The van der Waals surface area contributed by atoms with Crippen LogP contribution in [0.25, 0.3) is 6.08 Å². The zero-order valence-electron chi connectivity index (χ0n) is 11.9. The van der Waals surface area contributed by atoms with Gasteiger partial charge in [0, 0.05) is 30.0 Å². The highest BCUT2D eigenvalue weighted by molar-refractivity contribution is 9.10. The van der Waals surface area contributed by atoms with Gasteiger partial charge >= 0.3 is 0 Å². The van der Waals surface area contributed by atoms with Gasteiger partial charge in [0.1, 0.15) is 11.6 Å². The van der Waals surface area contributed by atoms with Gasteiger partial charge in [-0.15, -0.1) is 0 Å². The Kier molecular flexibility index (Phi) is 5.92. The van der Waals surface area contributed by atoms with E-state index in [4.69, 9.17) is 5.26 Å². The zero-order valence-corrected chi connectivity index (χ0v) is 13.5. The highest BCUT2D eigenvalue weighted by atomic mass is 79.9. The van der Waals surface area contributed by atoms with Crippen molar-refractivity contribution < 1.29 is 4.79 Å². The van der Waals surface area contributed by atoms with Gasteiger partial charge in [0.05, 0.1) is 6.33 Å². The Balaban J connectivity index is 1.86. The number of nitrogens with one attached hydrogen (secondary N) is 1. The number of aromatic nitrogens is 2. The van der Waals surface area contributed by atoms with Crippen molar-refractivity contribution in [2.45, 2.75) is 13.0 Å². The van der Waals surface area contributed by atoms with Crippen molar-refractivity contribution in [1.29, 1.82) is 5.26 Å². The molecule has 0 aliphatic carbocycles. The number of carbonyl (C=O) groups is 1.